The third-order valence-electron chi connectivity index (χ3n) is 13.2. The lowest BCUT2D eigenvalue weighted by Crippen LogP contribution is -2.89. The van der Waals surface area contributed by atoms with E-state index in [-0.39, 0.29) is 6.04 Å². The summed E-state index contributed by atoms with van der Waals surface area (Å²) in [5.41, 5.74) is 0.831. The molecule has 4 bridgehead atoms. The SMILES string of the molecule is CC.CC.CC.CC.C[SiH2]O[Si]1(c2ccccc2)O[Si]2(Cc3ccccc3)O[Si](O[SiH2]C)(c3ccccc3)O[Si](c3ccccc3)(O1)O[Si]1(c3ccccc3)O[Si](O[SiH2]C)(c3ccccc3)O[Si](c3ccccc3)(O2)O[Si](O[SiH2]C)(c2ccccc2)O1. The molecule has 4 heterocycles. The minimum Gasteiger partial charge on any atom is -0.419 e. The first kappa shape index (κ1) is 70.3. The molecular weight excluding hydrogens is 1290 g/mol. The molecule has 0 amide bonds. The van der Waals surface area contributed by atoms with Crippen LogP contribution in [0.3, 0.4) is 0 Å². The molecule has 8 aromatic rings. The van der Waals surface area contributed by atoms with Crippen molar-refractivity contribution >= 4 is 146 Å². The normalized spacial score (nSPS) is 28.0. The molecule has 4 saturated heterocycles. The third-order valence-corrected chi connectivity index (χ3v) is 54.1. The van der Waals surface area contributed by atoms with E-state index < -0.39 is 109 Å². The van der Waals surface area contributed by atoms with Crippen molar-refractivity contribution in [2.45, 2.75) is 87.6 Å². The summed E-state index contributed by atoms with van der Waals surface area (Å²) in [4.78, 5) is 0. The Hall–Kier alpha value is -4.20. The Morgan fingerprint density at radius 3 is 0.667 bits per heavy atom. The average Bonchev–Trinajstić information content (AvgIpc) is 0.751. The fourth-order valence-electron chi connectivity index (χ4n) is 9.97. The minimum absolute atomic E-state index is 0.0407. The van der Waals surface area contributed by atoms with E-state index in [0.717, 1.165) is 5.56 Å². The van der Waals surface area contributed by atoms with Gasteiger partial charge in [0.1, 0.15) is 39.1 Å². The summed E-state index contributed by atoms with van der Waals surface area (Å²) >= 11 is 0. The van der Waals surface area contributed by atoms with Gasteiger partial charge in [-0.1, -0.05) is 324 Å². The highest BCUT2D eigenvalue weighted by atomic mass is 28.6. The molecular formula is C61H86O14Si12. The fourth-order valence-corrected chi connectivity index (χ4v) is 62.1. The van der Waals surface area contributed by atoms with Gasteiger partial charge in [-0.3, -0.25) is 0 Å². The van der Waals surface area contributed by atoms with Crippen molar-refractivity contribution in [2.24, 2.45) is 0 Å². The van der Waals surface area contributed by atoms with E-state index in [4.69, 9.17) is 57.6 Å². The first-order chi connectivity index (χ1) is 42.6. The second-order valence-corrected chi connectivity index (χ2v) is 47.2. The van der Waals surface area contributed by atoms with Crippen LogP contribution in [0.4, 0.5) is 0 Å². The minimum atomic E-state index is -5.03. The zero-order valence-corrected chi connectivity index (χ0v) is 66.0. The molecule has 26 heteroatoms. The second kappa shape index (κ2) is 33.2. The predicted octanol–water partition coefficient (Wildman–Crippen LogP) is 6.54. The highest BCUT2D eigenvalue weighted by Gasteiger charge is 2.79. The van der Waals surface area contributed by atoms with Crippen LogP contribution in [0.25, 0.3) is 0 Å². The molecule has 8 aromatic carbocycles. The van der Waals surface area contributed by atoms with E-state index in [1.807, 2.05) is 298 Å². The smallest absolute Gasteiger partial charge is 0.419 e. The molecule has 4 fully saturated rings. The van der Waals surface area contributed by atoms with E-state index in [1.165, 1.54) is 0 Å². The van der Waals surface area contributed by atoms with Gasteiger partial charge >= 0.3 is 70.4 Å². The van der Waals surface area contributed by atoms with Crippen LogP contribution >= 0.6 is 0 Å². The molecule has 0 saturated carbocycles. The fraction of sp³-hybridized carbons (Fsp3) is 0.213. The standard InChI is InChI=1S/C53H62O14Si12.4C2H6/c1-68-54-73(47-31-15-6-16-32-47)58-72(45-46-29-13-5-14-30-46)59-74(55-69-2,48-33-17-7-18-34-48)62-78(61-73,52-41-25-11-26-42-52)67-79(53-43-27-12-28-44-53)65-75(56-70-3,49-35-19-8-20-36-49)63-77(60-72,51-39-23-10-24-40-51)64-76(66-79,57-71-4)50-37-21-9-22-38-50;4*1-2/h5-44H,45,68-71H2,1-4H3;4*1-2H3. The number of fused-ring (bicyclic) bond motifs is 4. The lowest BCUT2D eigenvalue weighted by molar-refractivity contribution is 0.0460. The topological polar surface area (TPSA) is 129 Å². The lowest BCUT2D eigenvalue weighted by atomic mass is 10.2. The van der Waals surface area contributed by atoms with Gasteiger partial charge in [0.05, 0.1) is 0 Å². The van der Waals surface area contributed by atoms with Crippen molar-refractivity contribution in [3.63, 3.8) is 0 Å². The summed E-state index contributed by atoms with van der Waals surface area (Å²) in [5.74, 6) is 0. The Kier molecular flexibility index (Phi) is 26.8. The molecule has 0 radical (unpaired) electrons. The molecule has 4 unspecified atom stereocenters. The number of hydrogen-bond acceptors (Lipinski definition) is 14. The molecule has 0 aliphatic carbocycles. The Bertz CT molecular complexity index is 3110. The van der Waals surface area contributed by atoms with E-state index in [2.05, 4.69) is 26.2 Å². The third kappa shape index (κ3) is 15.6. The maximum atomic E-state index is 8.53. The van der Waals surface area contributed by atoms with Crippen LogP contribution < -0.4 is 36.3 Å². The van der Waals surface area contributed by atoms with Crippen LogP contribution in [-0.2, 0) is 63.7 Å². The monoisotopic (exact) mass is 1380 g/mol. The molecule has 4 aliphatic heterocycles. The molecule has 462 valence electrons. The van der Waals surface area contributed by atoms with E-state index in [9.17, 15) is 0 Å². The molecule has 0 spiro atoms. The van der Waals surface area contributed by atoms with Crippen molar-refractivity contribution < 1.29 is 57.6 Å². The van der Waals surface area contributed by atoms with Gasteiger partial charge in [0, 0.05) is 42.4 Å². The molecule has 12 rings (SSSR count). The molecule has 87 heavy (non-hydrogen) atoms. The number of hydrogen-bond donors (Lipinski definition) is 0. The summed E-state index contributed by atoms with van der Waals surface area (Å²) in [6.45, 7) is 24.2. The Morgan fingerprint density at radius 2 is 0.437 bits per heavy atom. The van der Waals surface area contributed by atoms with Crippen molar-refractivity contribution in [3.05, 3.63) is 248 Å². The summed E-state index contributed by atoms with van der Waals surface area (Å²) in [5, 5.41) is 4.18. The van der Waals surface area contributed by atoms with Gasteiger partial charge in [0.25, 0.3) is 0 Å². The summed E-state index contributed by atoms with van der Waals surface area (Å²) in [7, 11) is -44.3. The van der Waals surface area contributed by atoms with Gasteiger partial charge in [-0.15, -0.1) is 0 Å². The molecule has 4 atom stereocenters. The van der Waals surface area contributed by atoms with E-state index >= 15 is 0 Å². The molecule has 14 nitrogen and oxygen atoms in total. The molecule has 4 aliphatic rings. The van der Waals surface area contributed by atoms with Crippen molar-refractivity contribution in [1.29, 1.82) is 0 Å². The lowest BCUT2D eigenvalue weighted by Gasteiger charge is -2.57. The first-order valence-electron chi connectivity index (χ1n) is 30.6. The summed E-state index contributed by atoms with van der Waals surface area (Å²) < 4.78 is 114. The largest absolute Gasteiger partial charge is 0.515 e. The molecule has 0 aromatic heterocycles. The number of benzene rings is 8. The van der Waals surface area contributed by atoms with Crippen LogP contribution in [0.5, 0.6) is 0 Å². The van der Waals surface area contributed by atoms with Crippen LogP contribution in [-0.4, -0.2) is 109 Å². The first-order valence-corrected chi connectivity index (χ1v) is 52.6. The second-order valence-electron chi connectivity index (χ2n) is 18.6. The van der Waals surface area contributed by atoms with Gasteiger partial charge in [-0.05, 0) is 5.56 Å². The summed E-state index contributed by atoms with van der Waals surface area (Å²) in [6.07, 6.45) is 0. The summed E-state index contributed by atoms with van der Waals surface area (Å²) in [6, 6.07) is 78.5. The maximum absolute atomic E-state index is 8.53. The van der Waals surface area contributed by atoms with Crippen molar-refractivity contribution in [2.75, 3.05) is 0 Å². The molecule has 0 N–H and O–H groups in total. The average molecular weight is 1380 g/mol. The Labute approximate surface area is 535 Å². The zero-order valence-electron chi connectivity index (χ0n) is 52.3. The van der Waals surface area contributed by atoms with Crippen LogP contribution in [0, 0.1) is 0 Å². The quantitative estimate of drug-likeness (QED) is 0.0917. The van der Waals surface area contributed by atoms with Crippen LogP contribution in [0.1, 0.15) is 61.0 Å². The Balaban J connectivity index is 0.00000130. The van der Waals surface area contributed by atoms with Gasteiger partial charge in [-0.25, -0.2) is 0 Å². The number of rotatable bonds is 17. The predicted molar refractivity (Wildman–Crippen MR) is 377 cm³/mol. The highest BCUT2D eigenvalue weighted by molar-refractivity contribution is 7.09. The zero-order chi connectivity index (χ0) is 62.3. The van der Waals surface area contributed by atoms with E-state index in [0.29, 0.717) is 36.3 Å². The van der Waals surface area contributed by atoms with Crippen molar-refractivity contribution in [3.8, 4) is 0 Å². The maximum Gasteiger partial charge on any atom is 0.515 e. The van der Waals surface area contributed by atoms with Crippen LogP contribution in [0.2, 0.25) is 26.2 Å². The van der Waals surface area contributed by atoms with E-state index in [1.54, 1.807) is 0 Å². The Morgan fingerprint density at radius 1 is 0.241 bits per heavy atom. The van der Waals surface area contributed by atoms with Crippen molar-refractivity contribution in [1.82, 2.24) is 0 Å². The van der Waals surface area contributed by atoms with Gasteiger partial charge in [0.2, 0.25) is 0 Å². The van der Waals surface area contributed by atoms with Gasteiger partial charge in [-0.2, -0.15) is 0 Å². The highest BCUT2D eigenvalue weighted by Crippen LogP contribution is 2.43. The van der Waals surface area contributed by atoms with Crippen LogP contribution in [0.15, 0.2) is 243 Å². The van der Waals surface area contributed by atoms with Gasteiger partial charge < -0.3 is 57.6 Å². The van der Waals surface area contributed by atoms with Gasteiger partial charge in [0.15, 0.2) is 0 Å².